The van der Waals surface area contributed by atoms with Crippen LogP contribution in [0.5, 0.6) is 5.75 Å². The van der Waals surface area contributed by atoms with Gasteiger partial charge in [-0.1, -0.05) is 39.7 Å². The topological polar surface area (TPSA) is 29.5 Å². The van der Waals surface area contributed by atoms with E-state index in [9.17, 15) is 9.50 Å². The summed E-state index contributed by atoms with van der Waals surface area (Å²) >= 11 is 8.98. The molecule has 2 nitrogen and oxygen atoms in total. The summed E-state index contributed by atoms with van der Waals surface area (Å²) in [6.07, 6.45) is -0.639. The second-order valence-electron chi connectivity index (χ2n) is 4.40. The molecule has 106 valence electrons. The molecule has 2 aromatic rings. The van der Waals surface area contributed by atoms with E-state index in [1.54, 1.807) is 25.1 Å². The van der Waals surface area contributed by atoms with Crippen LogP contribution in [-0.4, -0.2) is 5.11 Å². The fourth-order valence-electron chi connectivity index (χ4n) is 1.77. The van der Waals surface area contributed by atoms with Crippen LogP contribution >= 0.6 is 27.5 Å². The van der Waals surface area contributed by atoms with Crippen LogP contribution in [-0.2, 0) is 6.61 Å². The Bertz CT molecular complexity index is 617. The molecule has 20 heavy (non-hydrogen) atoms. The minimum Gasteiger partial charge on any atom is -0.488 e. The van der Waals surface area contributed by atoms with Gasteiger partial charge in [-0.3, -0.25) is 0 Å². The van der Waals surface area contributed by atoms with E-state index >= 15 is 0 Å². The predicted molar refractivity (Wildman–Crippen MR) is 80.5 cm³/mol. The quantitative estimate of drug-likeness (QED) is 0.843. The van der Waals surface area contributed by atoms with Gasteiger partial charge in [0.25, 0.3) is 0 Å². The van der Waals surface area contributed by atoms with Crippen molar-refractivity contribution in [1.29, 1.82) is 0 Å². The number of hydrogen-bond acceptors (Lipinski definition) is 2. The first kappa shape index (κ1) is 15.3. The standard InChI is InChI=1S/C15H13BrClFO2/c1-9(19)12-4-3-11(16)7-15(12)20-8-10-2-5-13(17)14(18)6-10/h2-7,9,19H,8H2,1H3/t9-/m0/s1. The predicted octanol–water partition coefficient (Wildman–Crippen LogP) is 4.87. The number of aliphatic hydroxyl groups excluding tert-OH is 1. The van der Waals surface area contributed by atoms with Gasteiger partial charge in [-0.05, 0) is 36.8 Å². The van der Waals surface area contributed by atoms with Crippen molar-refractivity contribution in [3.05, 3.63) is 62.8 Å². The molecule has 0 saturated heterocycles. The number of halogens is 3. The van der Waals surface area contributed by atoms with Crippen molar-refractivity contribution >= 4 is 27.5 Å². The van der Waals surface area contributed by atoms with Gasteiger partial charge < -0.3 is 9.84 Å². The highest BCUT2D eigenvalue weighted by Crippen LogP contribution is 2.29. The lowest BCUT2D eigenvalue weighted by molar-refractivity contribution is 0.190. The molecule has 2 aromatic carbocycles. The largest absolute Gasteiger partial charge is 0.488 e. The SMILES string of the molecule is C[C@H](O)c1ccc(Br)cc1OCc1ccc(Cl)c(F)c1. The van der Waals surface area contributed by atoms with Gasteiger partial charge in [0, 0.05) is 10.0 Å². The molecule has 0 heterocycles. The van der Waals surface area contributed by atoms with Gasteiger partial charge in [-0.15, -0.1) is 0 Å². The van der Waals surface area contributed by atoms with Gasteiger partial charge in [0.1, 0.15) is 18.2 Å². The Kier molecular flexibility index (Phi) is 5.02. The second kappa shape index (κ2) is 6.57. The third-order valence-electron chi connectivity index (χ3n) is 2.80. The summed E-state index contributed by atoms with van der Waals surface area (Å²) in [5, 5.41) is 9.78. The summed E-state index contributed by atoms with van der Waals surface area (Å²) in [5.41, 5.74) is 1.35. The molecule has 1 N–H and O–H groups in total. The van der Waals surface area contributed by atoms with E-state index in [1.807, 2.05) is 6.07 Å². The van der Waals surface area contributed by atoms with Crippen LogP contribution in [0.2, 0.25) is 5.02 Å². The Balaban J connectivity index is 2.17. The lowest BCUT2D eigenvalue weighted by Crippen LogP contribution is -2.01. The summed E-state index contributed by atoms with van der Waals surface area (Å²) < 4.78 is 19.8. The van der Waals surface area contributed by atoms with Crippen LogP contribution in [0, 0.1) is 5.82 Å². The molecular formula is C15H13BrClFO2. The second-order valence-corrected chi connectivity index (χ2v) is 5.72. The van der Waals surface area contributed by atoms with Crippen LogP contribution in [0.1, 0.15) is 24.2 Å². The fourth-order valence-corrected chi connectivity index (χ4v) is 2.23. The zero-order chi connectivity index (χ0) is 14.7. The maximum atomic E-state index is 13.3. The van der Waals surface area contributed by atoms with Crippen molar-refractivity contribution in [3.8, 4) is 5.75 Å². The maximum Gasteiger partial charge on any atom is 0.142 e. The summed E-state index contributed by atoms with van der Waals surface area (Å²) in [7, 11) is 0. The average Bonchev–Trinajstić information content (AvgIpc) is 2.40. The smallest absolute Gasteiger partial charge is 0.142 e. The van der Waals surface area contributed by atoms with Crippen molar-refractivity contribution in [2.24, 2.45) is 0 Å². The van der Waals surface area contributed by atoms with Gasteiger partial charge >= 0.3 is 0 Å². The molecule has 0 amide bonds. The van der Waals surface area contributed by atoms with Gasteiger partial charge in [-0.25, -0.2) is 4.39 Å². The Hall–Kier alpha value is -1.10. The van der Waals surface area contributed by atoms with Crippen LogP contribution in [0.15, 0.2) is 40.9 Å². The Labute approximate surface area is 130 Å². The minimum absolute atomic E-state index is 0.0841. The van der Waals surface area contributed by atoms with Crippen LogP contribution in [0.3, 0.4) is 0 Å². The van der Waals surface area contributed by atoms with Gasteiger partial charge in [0.2, 0.25) is 0 Å². The number of benzene rings is 2. The molecule has 0 aliphatic rings. The summed E-state index contributed by atoms with van der Waals surface area (Å²) in [6.45, 7) is 1.86. The van der Waals surface area contributed by atoms with E-state index in [2.05, 4.69) is 15.9 Å². The van der Waals surface area contributed by atoms with Crippen molar-refractivity contribution in [1.82, 2.24) is 0 Å². The molecule has 0 fully saturated rings. The van der Waals surface area contributed by atoms with Crippen LogP contribution in [0.25, 0.3) is 0 Å². The molecule has 0 aromatic heterocycles. The van der Waals surface area contributed by atoms with Gasteiger partial charge in [0.15, 0.2) is 0 Å². The van der Waals surface area contributed by atoms with E-state index in [-0.39, 0.29) is 11.6 Å². The zero-order valence-electron chi connectivity index (χ0n) is 10.7. The number of rotatable bonds is 4. The first-order chi connectivity index (χ1) is 9.47. The third kappa shape index (κ3) is 3.72. The maximum absolute atomic E-state index is 13.3. The lowest BCUT2D eigenvalue weighted by Gasteiger charge is -2.14. The van der Waals surface area contributed by atoms with E-state index in [4.69, 9.17) is 16.3 Å². The van der Waals surface area contributed by atoms with Crippen LogP contribution < -0.4 is 4.74 Å². The Morgan fingerprint density at radius 1 is 1.30 bits per heavy atom. The lowest BCUT2D eigenvalue weighted by atomic mass is 10.1. The van der Waals surface area contributed by atoms with E-state index in [0.29, 0.717) is 16.9 Å². The van der Waals surface area contributed by atoms with E-state index < -0.39 is 11.9 Å². The van der Waals surface area contributed by atoms with Crippen molar-refractivity contribution < 1.29 is 14.2 Å². The highest BCUT2D eigenvalue weighted by molar-refractivity contribution is 9.10. The third-order valence-corrected chi connectivity index (χ3v) is 3.60. The van der Waals surface area contributed by atoms with Crippen molar-refractivity contribution in [3.63, 3.8) is 0 Å². The average molecular weight is 360 g/mol. The Morgan fingerprint density at radius 3 is 2.70 bits per heavy atom. The first-order valence-electron chi connectivity index (χ1n) is 6.01. The number of hydrogen-bond donors (Lipinski definition) is 1. The van der Waals surface area contributed by atoms with Crippen molar-refractivity contribution in [2.75, 3.05) is 0 Å². The molecule has 0 spiro atoms. The molecule has 5 heteroatoms. The molecule has 2 rings (SSSR count). The summed E-state index contributed by atoms with van der Waals surface area (Å²) in [5.74, 6) is 0.0856. The van der Waals surface area contributed by atoms with Crippen LogP contribution in [0.4, 0.5) is 4.39 Å². The van der Waals surface area contributed by atoms with E-state index in [1.165, 1.54) is 12.1 Å². The molecular weight excluding hydrogens is 347 g/mol. The van der Waals surface area contributed by atoms with Gasteiger partial charge in [0.05, 0.1) is 11.1 Å². The molecule has 0 unspecified atom stereocenters. The summed E-state index contributed by atoms with van der Waals surface area (Å²) in [4.78, 5) is 0. The van der Waals surface area contributed by atoms with Crippen molar-refractivity contribution in [2.45, 2.75) is 19.6 Å². The van der Waals surface area contributed by atoms with E-state index in [0.717, 1.165) is 4.47 Å². The molecule has 1 atom stereocenters. The number of ether oxygens (including phenoxy) is 1. The molecule has 0 saturated carbocycles. The summed E-state index contributed by atoms with van der Waals surface area (Å²) in [6, 6.07) is 9.91. The van der Waals surface area contributed by atoms with Gasteiger partial charge in [-0.2, -0.15) is 0 Å². The highest BCUT2D eigenvalue weighted by Gasteiger charge is 2.10. The molecule has 0 aliphatic carbocycles. The first-order valence-corrected chi connectivity index (χ1v) is 7.18. The molecule has 0 bridgehead atoms. The number of aliphatic hydroxyl groups is 1. The zero-order valence-corrected chi connectivity index (χ0v) is 13.1. The minimum atomic E-state index is -0.639. The fraction of sp³-hybridized carbons (Fsp3) is 0.200. The highest BCUT2D eigenvalue weighted by atomic mass is 79.9. The normalized spacial score (nSPS) is 12.2. The Morgan fingerprint density at radius 2 is 2.05 bits per heavy atom. The molecule has 0 aliphatic heterocycles. The molecule has 0 radical (unpaired) electrons. The monoisotopic (exact) mass is 358 g/mol.